The summed E-state index contributed by atoms with van der Waals surface area (Å²) in [5.74, 6) is -1.86. The maximum Gasteiger partial charge on any atom is 0.230 e. The van der Waals surface area contributed by atoms with Crippen LogP contribution in [0.3, 0.4) is 0 Å². The lowest BCUT2D eigenvalue weighted by Crippen LogP contribution is -2.09. The molecule has 0 bridgehead atoms. The van der Waals surface area contributed by atoms with Crippen molar-refractivity contribution in [3.63, 3.8) is 0 Å². The Morgan fingerprint density at radius 3 is 2.46 bits per heavy atom. The number of methoxy groups -OCH3 is 1. The summed E-state index contributed by atoms with van der Waals surface area (Å²) in [6.45, 7) is 0. The molecule has 0 saturated heterocycles. The van der Waals surface area contributed by atoms with Gasteiger partial charge in [0.15, 0.2) is 17.5 Å². The van der Waals surface area contributed by atoms with Crippen molar-refractivity contribution in [3.05, 3.63) is 54.4 Å². The van der Waals surface area contributed by atoms with Crippen molar-refractivity contribution < 1.29 is 21.9 Å². The van der Waals surface area contributed by atoms with Crippen LogP contribution < -0.4 is 14.8 Å². The first-order chi connectivity index (χ1) is 13.2. The Morgan fingerprint density at radius 2 is 1.75 bits per heavy atom. The summed E-state index contributed by atoms with van der Waals surface area (Å²) in [6, 6.07) is 8.27. The second-order valence-corrected chi connectivity index (χ2v) is 7.43. The molecule has 0 saturated carbocycles. The first-order valence-electron chi connectivity index (χ1n) is 7.82. The van der Waals surface area contributed by atoms with E-state index >= 15 is 0 Å². The molecule has 8 nitrogen and oxygen atoms in total. The van der Waals surface area contributed by atoms with Gasteiger partial charge in [-0.25, -0.2) is 27.2 Å². The van der Waals surface area contributed by atoms with E-state index in [-0.39, 0.29) is 23.1 Å². The molecular formula is C17H15F2N5O3S. The van der Waals surface area contributed by atoms with Crippen molar-refractivity contribution in [2.75, 3.05) is 23.4 Å². The number of sulfonamides is 1. The van der Waals surface area contributed by atoms with E-state index in [0.717, 1.165) is 18.4 Å². The van der Waals surface area contributed by atoms with E-state index in [1.165, 1.54) is 13.4 Å². The topological polar surface area (TPSA) is 106 Å². The number of anilines is 3. The number of nitrogens with one attached hydrogen (secondary N) is 2. The van der Waals surface area contributed by atoms with E-state index < -0.39 is 21.7 Å². The zero-order valence-corrected chi connectivity index (χ0v) is 15.6. The van der Waals surface area contributed by atoms with Gasteiger partial charge in [0.1, 0.15) is 12.1 Å². The second kappa shape index (κ2) is 7.72. The van der Waals surface area contributed by atoms with Crippen LogP contribution >= 0.6 is 0 Å². The highest BCUT2D eigenvalue weighted by Gasteiger charge is 2.15. The average Bonchev–Trinajstić information content (AvgIpc) is 2.62. The molecule has 0 radical (unpaired) electrons. The molecule has 0 amide bonds. The Balaban J connectivity index is 1.91. The summed E-state index contributed by atoms with van der Waals surface area (Å²) in [6.07, 6.45) is 2.24. The van der Waals surface area contributed by atoms with E-state index in [2.05, 4.69) is 25.0 Å². The summed E-state index contributed by atoms with van der Waals surface area (Å²) in [5.41, 5.74) is 1.01. The zero-order chi connectivity index (χ0) is 20.3. The maximum absolute atomic E-state index is 13.6. The van der Waals surface area contributed by atoms with Crippen molar-refractivity contribution in [1.82, 2.24) is 15.0 Å². The van der Waals surface area contributed by atoms with Crippen LogP contribution in [0.2, 0.25) is 0 Å². The quantitative estimate of drug-likeness (QED) is 0.647. The molecule has 3 aromatic rings. The minimum atomic E-state index is -3.42. The summed E-state index contributed by atoms with van der Waals surface area (Å²) in [4.78, 5) is 12.1. The minimum Gasteiger partial charge on any atom is -0.496 e. The molecular weight excluding hydrogens is 392 g/mol. The summed E-state index contributed by atoms with van der Waals surface area (Å²) >= 11 is 0. The van der Waals surface area contributed by atoms with Crippen molar-refractivity contribution in [2.45, 2.75) is 0 Å². The molecule has 0 spiro atoms. The number of rotatable bonds is 6. The van der Waals surface area contributed by atoms with Gasteiger partial charge in [0.25, 0.3) is 0 Å². The van der Waals surface area contributed by atoms with Crippen LogP contribution in [-0.4, -0.2) is 36.7 Å². The van der Waals surface area contributed by atoms with Crippen LogP contribution in [-0.2, 0) is 10.0 Å². The van der Waals surface area contributed by atoms with Gasteiger partial charge in [-0.2, -0.15) is 4.98 Å². The number of nitrogens with zero attached hydrogens (tertiary/aromatic N) is 3. The van der Waals surface area contributed by atoms with Crippen LogP contribution in [0, 0.1) is 11.6 Å². The molecule has 0 aliphatic heterocycles. The number of benzene rings is 2. The highest BCUT2D eigenvalue weighted by molar-refractivity contribution is 7.92. The van der Waals surface area contributed by atoms with Gasteiger partial charge in [0.05, 0.1) is 24.6 Å². The fraction of sp³-hybridized carbons (Fsp3) is 0.118. The Bertz CT molecular complexity index is 1130. The minimum absolute atomic E-state index is 0.0652. The number of ether oxygens (including phenoxy) is 1. The smallest absolute Gasteiger partial charge is 0.230 e. The summed E-state index contributed by atoms with van der Waals surface area (Å²) < 4.78 is 57.2. The monoisotopic (exact) mass is 407 g/mol. The molecule has 3 rings (SSSR count). The summed E-state index contributed by atoms with van der Waals surface area (Å²) in [5, 5.41) is 2.90. The highest BCUT2D eigenvalue weighted by atomic mass is 32.2. The Hall–Kier alpha value is -3.34. The Labute approximate surface area is 159 Å². The molecule has 2 aromatic carbocycles. The molecule has 0 fully saturated rings. The second-order valence-electron chi connectivity index (χ2n) is 5.68. The first kappa shape index (κ1) is 19.4. The van der Waals surface area contributed by atoms with Crippen LogP contribution in [0.1, 0.15) is 0 Å². The normalized spacial score (nSPS) is 11.1. The molecule has 28 heavy (non-hydrogen) atoms. The van der Waals surface area contributed by atoms with Crippen LogP contribution in [0.5, 0.6) is 5.75 Å². The van der Waals surface area contributed by atoms with Gasteiger partial charge >= 0.3 is 0 Å². The number of aromatic nitrogens is 3. The van der Waals surface area contributed by atoms with Gasteiger partial charge < -0.3 is 10.1 Å². The zero-order valence-electron chi connectivity index (χ0n) is 14.8. The van der Waals surface area contributed by atoms with E-state index in [1.54, 1.807) is 24.3 Å². The van der Waals surface area contributed by atoms with E-state index in [0.29, 0.717) is 11.4 Å². The van der Waals surface area contributed by atoms with Crippen LogP contribution in [0.15, 0.2) is 42.7 Å². The molecule has 1 heterocycles. The predicted octanol–water partition coefficient (Wildman–Crippen LogP) is 2.94. The number of hydrogen-bond donors (Lipinski definition) is 2. The first-order valence-corrected chi connectivity index (χ1v) is 9.71. The molecule has 0 unspecified atom stereocenters. The van der Waals surface area contributed by atoms with Crippen molar-refractivity contribution in [3.8, 4) is 17.1 Å². The number of hydrogen-bond acceptors (Lipinski definition) is 7. The standard InChI is InChI=1S/C17H15F2N5O3S/c1-27-15-8-14(19)13(18)7-12(15)16-20-9-21-17(23-16)22-10-4-3-5-11(6-10)24-28(2,25)26/h3-9,24H,1-2H3,(H,20,21,22,23). The molecule has 11 heteroatoms. The van der Waals surface area contributed by atoms with Crippen molar-refractivity contribution >= 4 is 27.3 Å². The Morgan fingerprint density at radius 1 is 1.04 bits per heavy atom. The lowest BCUT2D eigenvalue weighted by molar-refractivity contribution is 0.408. The number of halogens is 2. The van der Waals surface area contributed by atoms with Gasteiger partial charge in [-0.3, -0.25) is 4.72 Å². The van der Waals surface area contributed by atoms with Gasteiger partial charge in [-0.15, -0.1) is 0 Å². The van der Waals surface area contributed by atoms with Crippen molar-refractivity contribution in [2.24, 2.45) is 0 Å². The van der Waals surface area contributed by atoms with Crippen LogP contribution in [0.25, 0.3) is 11.4 Å². The molecule has 2 N–H and O–H groups in total. The third-order valence-electron chi connectivity index (χ3n) is 3.48. The SMILES string of the molecule is COc1cc(F)c(F)cc1-c1ncnc(Nc2cccc(NS(C)(=O)=O)c2)n1. The van der Waals surface area contributed by atoms with Gasteiger partial charge in [-0.05, 0) is 24.3 Å². The lowest BCUT2D eigenvalue weighted by atomic mass is 10.1. The maximum atomic E-state index is 13.6. The molecule has 1 aromatic heterocycles. The van der Waals surface area contributed by atoms with E-state index in [4.69, 9.17) is 4.74 Å². The highest BCUT2D eigenvalue weighted by Crippen LogP contribution is 2.30. The van der Waals surface area contributed by atoms with Gasteiger partial charge in [0.2, 0.25) is 16.0 Å². The van der Waals surface area contributed by atoms with Crippen LogP contribution in [0.4, 0.5) is 26.1 Å². The lowest BCUT2D eigenvalue weighted by Gasteiger charge is -2.10. The average molecular weight is 407 g/mol. The van der Waals surface area contributed by atoms with Crippen molar-refractivity contribution in [1.29, 1.82) is 0 Å². The fourth-order valence-corrected chi connectivity index (χ4v) is 2.92. The largest absolute Gasteiger partial charge is 0.496 e. The molecule has 0 aliphatic rings. The molecule has 0 atom stereocenters. The van der Waals surface area contributed by atoms with Gasteiger partial charge in [-0.1, -0.05) is 6.07 Å². The third-order valence-corrected chi connectivity index (χ3v) is 4.08. The predicted molar refractivity (Wildman–Crippen MR) is 99.9 cm³/mol. The van der Waals surface area contributed by atoms with E-state index in [1.807, 2.05) is 0 Å². The third kappa shape index (κ3) is 4.68. The summed E-state index contributed by atoms with van der Waals surface area (Å²) in [7, 11) is -2.11. The molecule has 146 valence electrons. The van der Waals surface area contributed by atoms with E-state index in [9.17, 15) is 17.2 Å². The molecule has 0 aliphatic carbocycles. The Kier molecular flexibility index (Phi) is 5.36. The van der Waals surface area contributed by atoms with Gasteiger partial charge in [0, 0.05) is 11.8 Å². The fourth-order valence-electron chi connectivity index (χ4n) is 2.36.